The molecule has 0 amide bonds. The van der Waals surface area contributed by atoms with Crippen molar-refractivity contribution >= 4 is 28.9 Å². The van der Waals surface area contributed by atoms with Crippen molar-refractivity contribution in [1.29, 1.82) is 0 Å². The van der Waals surface area contributed by atoms with E-state index in [1.807, 2.05) is 13.8 Å². The minimum atomic E-state index is 0.502. The minimum absolute atomic E-state index is 0.502. The van der Waals surface area contributed by atoms with Gasteiger partial charge in [0.25, 0.3) is 0 Å². The van der Waals surface area contributed by atoms with Crippen LogP contribution in [0.15, 0.2) is 18.2 Å². The smallest absolute Gasteiger partial charge is 0.0650 e. The summed E-state index contributed by atoms with van der Waals surface area (Å²) >= 11 is 11.2. The molecule has 0 bridgehead atoms. The number of halogens is 2. The number of rotatable bonds is 0. The lowest BCUT2D eigenvalue weighted by atomic mass is 10.3. The van der Waals surface area contributed by atoms with Gasteiger partial charge < -0.3 is 5.73 Å². The Hall–Kier alpha value is -0.400. The molecular formula is C8H11Cl2N. The topological polar surface area (TPSA) is 26.0 Å². The van der Waals surface area contributed by atoms with Crippen LogP contribution in [0.2, 0.25) is 10.0 Å². The number of hydrogen-bond acceptors (Lipinski definition) is 1. The zero-order valence-corrected chi connectivity index (χ0v) is 8.08. The van der Waals surface area contributed by atoms with E-state index in [2.05, 4.69) is 0 Å². The summed E-state index contributed by atoms with van der Waals surface area (Å²) in [5.41, 5.74) is 5.95. The summed E-state index contributed by atoms with van der Waals surface area (Å²) in [4.78, 5) is 0. The van der Waals surface area contributed by atoms with Gasteiger partial charge in [0, 0.05) is 5.02 Å². The van der Waals surface area contributed by atoms with Crippen LogP contribution in [0.3, 0.4) is 0 Å². The molecule has 0 heterocycles. The Morgan fingerprint density at radius 3 is 2.09 bits per heavy atom. The summed E-state index contributed by atoms with van der Waals surface area (Å²) in [5, 5.41) is 1.11. The SMILES string of the molecule is CC.Nc1ccc(Cl)cc1Cl. The maximum atomic E-state index is 5.60. The molecule has 0 aliphatic rings. The van der Waals surface area contributed by atoms with Gasteiger partial charge in [-0.2, -0.15) is 0 Å². The quantitative estimate of drug-likeness (QED) is 0.624. The highest BCUT2D eigenvalue weighted by Gasteiger charge is 1.93. The van der Waals surface area contributed by atoms with Gasteiger partial charge in [-0.3, -0.25) is 0 Å². The molecule has 0 aliphatic heterocycles. The molecule has 1 rings (SSSR count). The van der Waals surface area contributed by atoms with Gasteiger partial charge in [0.1, 0.15) is 0 Å². The molecular weight excluding hydrogens is 181 g/mol. The van der Waals surface area contributed by atoms with Crippen molar-refractivity contribution < 1.29 is 0 Å². The average Bonchev–Trinajstić information content (AvgIpc) is 2.02. The van der Waals surface area contributed by atoms with Gasteiger partial charge >= 0.3 is 0 Å². The van der Waals surface area contributed by atoms with Gasteiger partial charge in [-0.25, -0.2) is 0 Å². The second kappa shape index (κ2) is 5.28. The molecule has 0 saturated heterocycles. The van der Waals surface area contributed by atoms with Crippen molar-refractivity contribution in [2.75, 3.05) is 5.73 Å². The van der Waals surface area contributed by atoms with Crippen molar-refractivity contribution in [3.05, 3.63) is 28.2 Å². The second-order valence-electron chi connectivity index (χ2n) is 1.67. The van der Waals surface area contributed by atoms with Crippen LogP contribution in [-0.4, -0.2) is 0 Å². The van der Waals surface area contributed by atoms with E-state index >= 15 is 0 Å². The molecule has 0 fully saturated rings. The van der Waals surface area contributed by atoms with E-state index < -0.39 is 0 Å². The third-order valence-corrected chi connectivity index (χ3v) is 1.52. The minimum Gasteiger partial charge on any atom is -0.398 e. The van der Waals surface area contributed by atoms with Gasteiger partial charge in [0.05, 0.1) is 10.7 Å². The predicted molar refractivity (Wildman–Crippen MR) is 52.2 cm³/mol. The van der Waals surface area contributed by atoms with E-state index in [9.17, 15) is 0 Å². The zero-order valence-electron chi connectivity index (χ0n) is 6.57. The molecule has 0 saturated carbocycles. The van der Waals surface area contributed by atoms with E-state index in [0.717, 1.165) is 0 Å². The molecule has 0 aromatic heterocycles. The highest BCUT2D eigenvalue weighted by atomic mass is 35.5. The molecule has 62 valence electrons. The fraction of sp³-hybridized carbons (Fsp3) is 0.250. The Morgan fingerprint density at radius 2 is 1.73 bits per heavy atom. The average molecular weight is 192 g/mol. The number of nitrogen functional groups attached to an aromatic ring is 1. The number of benzene rings is 1. The summed E-state index contributed by atoms with van der Waals surface area (Å²) in [6.45, 7) is 4.00. The lowest BCUT2D eigenvalue weighted by Gasteiger charge is -1.94. The first-order valence-electron chi connectivity index (χ1n) is 3.40. The molecule has 3 heteroatoms. The maximum Gasteiger partial charge on any atom is 0.0650 e. The number of anilines is 1. The molecule has 1 aromatic rings. The van der Waals surface area contributed by atoms with Crippen LogP contribution in [0.1, 0.15) is 13.8 Å². The lowest BCUT2D eigenvalue weighted by Crippen LogP contribution is -1.83. The van der Waals surface area contributed by atoms with Crippen LogP contribution < -0.4 is 5.73 Å². The second-order valence-corrected chi connectivity index (χ2v) is 2.51. The number of hydrogen-bond donors (Lipinski definition) is 1. The molecule has 0 unspecified atom stereocenters. The van der Waals surface area contributed by atoms with Gasteiger partial charge in [-0.15, -0.1) is 0 Å². The Labute approximate surface area is 77.1 Å². The first-order chi connectivity index (χ1) is 5.20. The number of nitrogens with two attached hydrogens (primary N) is 1. The van der Waals surface area contributed by atoms with Gasteiger partial charge in [0.15, 0.2) is 0 Å². The standard InChI is InChI=1S/C6H5Cl2N.C2H6/c7-4-1-2-6(9)5(8)3-4;1-2/h1-3H,9H2;1-2H3. The van der Waals surface area contributed by atoms with Gasteiger partial charge in [-0.05, 0) is 18.2 Å². The molecule has 11 heavy (non-hydrogen) atoms. The van der Waals surface area contributed by atoms with E-state index in [4.69, 9.17) is 28.9 Å². The largest absolute Gasteiger partial charge is 0.398 e. The lowest BCUT2D eigenvalue weighted by molar-refractivity contribution is 1.50. The highest BCUT2D eigenvalue weighted by Crippen LogP contribution is 2.21. The van der Waals surface area contributed by atoms with Crippen LogP contribution in [0.5, 0.6) is 0 Å². The van der Waals surface area contributed by atoms with Crippen LogP contribution in [-0.2, 0) is 0 Å². The highest BCUT2D eigenvalue weighted by molar-refractivity contribution is 6.36. The van der Waals surface area contributed by atoms with Crippen LogP contribution in [0.25, 0.3) is 0 Å². The van der Waals surface area contributed by atoms with Gasteiger partial charge in [-0.1, -0.05) is 37.0 Å². The summed E-state index contributed by atoms with van der Waals surface area (Å²) in [5.74, 6) is 0. The molecule has 0 spiro atoms. The molecule has 0 aliphatic carbocycles. The summed E-state index contributed by atoms with van der Waals surface area (Å²) in [6, 6.07) is 4.98. The third kappa shape index (κ3) is 3.49. The first-order valence-corrected chi connectivity index (χ1v) is 4.16. The Balaban J connectivity index is 0.000000461. The predicted octanol–water partition coefficient (Wildman–Crippen LogP) is 3.60. The zero-order chi connectivity index (χ0) is 8.85. The first kappa shape index (κ1) is 10.6. The summed E-state index contributed by atoms with van der Waals surface area (Å²) in [6.07, 6.45) is 0. The molecule has 0 atom stereocenters. The fourth-order valence-corrected chi connectivity index (χ4v) is 0.910. The van der Waals surface area contributed by atoms with E-state index in [1.54, 1.807) is 18.2 Å². The van der Waals surface area contributed by atoms with Crippen LogP contribution in [0, 0.1) is 0 Å². The van der Waals surface area contributed by atoms with Crippen molar-refractivity contribution in [2.24, 2.45) is 0 Å². The summed E-state index contributed by atoms with van der Waals surface area (Å²) < 4.78 is 0. The Kier molecular flexibility index (Phi) is 5.08. The fourth-order valence-electron chi connectivity index (χ4n) is 0.502. The van der Waals surface area contributed by atoms with Crippen molar-refractivity contribution in [2.45, 2.75) is 13.8 Å². The van der Waals surface area contributed by atoms with Crippen molar-refractivity contribution in [1.82, 2.24) is 0 Å². The van der Waals surface area contributed by atoms with Crippen molar-refractivity contribution in [3.8, 4) is 0 Å². The molecule has 0 radical (unpaired) electrons. The maximum absolute atomic E-state index is 5.60. The molecule has 1 nitrogen and oxygen atoms in total. The molecule has 1 aromatic carbocycles. The van der Waals surface area contributed by atoms with Gasteiger partial charge in [0.2, 0.25) is 0 Å². The van der Waals surface area contributed by atoms with E-state index in [0.29, 0.717) is 15.7 Å². The Bertz CT molecular complexity index is 223. The Morgan fingerprint density at radius 1 is 1.18 bits per heavy atom. The van der Waals surface area contributed by atoms with Crippen LogP contribution in [0.4, 0.5) is 5.69 Å². The van der Waals surface area contributed by atoms with Crippen LogP contribution >= 0.6 is 23.2 Å². The van der Waals surface area contributed by atoms with Crippen molar-refractivity contribution in [3.63, 3.8) is 0 Å². The van der Waals surface area contributed by atoms with E-state index in [1.165, 1.54) is 0 Å². The third-order valence-electron chi connectivity index (χ3n) is 0.962. The molecule has 2 N–H and O–H groups in total. The normalized spacial score (nSPS) is 8.36. The van der Waals surface area contributed by atoms with E-state index in [-0.39, 0.29) is 0 Å². The summed E-state index contributed by atoms with van der Waals surface area (Å²) in [7, 11) is 0. The monoisotopic (exact) mass is 191 g/mol.